The maximum Gasteiger partial charge on any atom is 0.516 e. The van der Waals surface area contributed by atoms with Crippen LogP contribution in [0.5, 0.6) is 0 Å². The van der Waals surface area contributed by atoms with Crippen LogP contribution in [0.4, 0.5) is 24.7 Å². The van der Waals surface area contributed by atoms with Gasteiger partial charge in [0, 0.05) is 31.0 Å². The van der Waals surface area contributed by atoms with Gasteiger partial charge in [-0.05, 0) is 45.8 Å². The van der Waals surface area contributed by atoms with Crippen molar-refractivity contribution in [3.05, 3.63) is 64.0 Å². The smallest absolute Gasteiger partial charge is 0.455 e. The van der Waals surface area contributed by atoms with Crippen LogP contribution in [0.1, 0.15) is 28.8 Å². The van der Waals surface area contributed by atoms with Gasteiger partial charge in [0.2, 0.25) is 5.91 Å². The van der Waals surface area contributed by atoms with Crippen LogP contribution in [-0.2, 0) is 27.8 Å². The number of amides is 2. The fourth-order valence-corrected chi connectivity index (χ4v) is 5.59. The number of rotatable bonds is 6. The minimum atomic E-state index is -5.66. The van der Waals surface area contributed by atoms with Crippen LogP contribution in [0.25, 0.3) is 22.3 Å². The number of nitrogens with zero attached hydrogens (tertiary/aromatic N) is 3. The van der Waals surface area contributed by atoms with E-state index in [4.69, 9.17) is 4.42 Å². The molecular weight excluding hydrogens is 619 g/mol. The van der Waals surface area contributed by atoms with Gasteiger partial charge >= 0.3 is 15.5 Å². The summed E-state index contributed by atoms with van der Waals surface area (Å²) in [5, 5.41) is 3.17. The Morgan fingerprint density at radius 3 is 2.60 bits per heavy atom. The van der Waals surface area contributed by atoms with Gasteiger partial charge in [0.15, 0.2) is 17.3 Å². The number of aromatic nitrogens is 2. The molecule has 1 aliphatic heterocycles. The molecule has 0 aliphatic carbocycles. The Balaban J connectivity index is 1.56. The zero-order valence-corrected chi connectivity index (χ0v) is 23.4. The lowest BCUT2D eigenvalue weighted by Crippen LogP contribution is -2.34. The number of imidazole rings is 1. The molecule has 0 radical (unpaired) electrons. The minimum Gasteiger partial charge on any atom is -0.455 e. The van der Waals surface area contributed by atoms with Crippen molar-refractivity contribution in [3.8, 4) is 11.3 Å². The average Bonchev–Trinajstić information content (AvgIpc) is 3.40. The van der Waals surface area contributed by atoms with E-state index >= 15 is 0 Å². The van der Waals surface area contributed by atoms with E-state index in [-0.39, 0.29) is 47.5 Å². The maximum absolute atomic E-state index is 13.0. The molecule has 0 atom stereocenters. The van der Waals surface area contributed by atoms with Crippen molar-refractivity contribution in [2.45, 2.75) is 25.4 Å². The molecule has 0 fully saturated rings. The first-order valence-electron chi connectivity index (χ1n) is 11.9. The summed E-state index contributed by atoms with van der Waals surface area (Å²) in [6.45, 7) is 1.96. The second-order valence-corrected chi connectivity index (χ2v) is 11.4. The molecule has 40 heavy (non-hydrogen) atoms. The molecule has 210 valence electrons. The number of hydrogen-bond acceptors (Lipinski definition) is 6. The molecule has 0 saturated heterocycles. The zero-order valence-electron chi connectivity index (χ0n) is 21.0. The molecule has 15 heteroatoms. The maximum atomic E-state index is 13.0. The van der Waals surface area contributed by atoms with Crippen molar-refractivity contribution in [2.75, 3.05) is 23.2 Å². The van der Waals surface area contributed by atoms with E-state index in [0.717, 1.165) is 5.56 Å². The first-order valence-corrected chi connectivity index (χ1v) is 14.1. The number of likely N-dealkylation sites (N-methyl/N-ethyl adjacent to an activating group) is 1. The first-order chi connectivity index (χ1) is 18.8. The third-order valence-corrected chi connectivity index (χ3v) is 8.29. The topological polar surface area (TPSA) is 127 Å². The lowest BCUT2D eigenvalue weighted by atomic mass is 10.1. The summed E-state index contributed by atoms with van der Waals surface area (Å²) < 4.78 is 72.2. The fourth-order valence-electron chi connectivity index (χ4n) is 4.40. The number of alkyl halides is 3. The molecule has 0 saturated carbocycles. The molecule has 2 aromatic carbocycles. The van der Waals surface area contributed by atoms with Crippen LogP contribution in [-0.4, -0.2) is 48.9 Å². The van der Waals surface area contributed by atoms with Crippen LogP contribution in [0, 0.1) is 0 Å². The number of furan rings is 1. The Morgan fingerprint density at radius 1 is 1.18 bits per heavy atom. The van der Waals surface area contributed by atoms with Gasteiger partial charge in [-0.1, -0.05) is 25.1 Å². The predicted molar refractivity (Wildman–Crippen MR) is 144 cm³/mol. The van der Waals surface area contributed by atoms with Crippen LogP contribution < -0.4 is 14.9 Å². The Bertz CT molecular complexity index is 1780. The van der Waals surface area contributed by atoms with E-state index < -0.39 is 21.4 Å². The van der Waals surface area contributed by atoms with Crippen molar-refractivity contribution in [2.24, 2.45) is 0 Å². The number of carbonyl (C=O) groups is 2. The van der Waals surface area contributed by atoms with Gasteiger partial charge in [-0.15, -0.1) is 0 Å². The number of fused-ring (bicyclic) bond motifs is 2. The number of aryl methyl sites for hydroxylation is 1. The van der Waals surface area contributed by atoms with Crippen LogP contribution in [0.3, 0.4) is 0 Å². The lowest BCUT2D eigenvalue weighted by Gasteiger charge is -2.13. The Labute approximate surface area is 234 Å². The Kier molecular flexibility index (Phi) is 6.90. The molecule has 4 aromatic rings. The minimum absolute atomic E-state index is 0.0949. The van der Waals surface area contributed by atoms with Crippen molar-refractivity contribution >= 4 is 60.2 Å². The summed E-state index contributed by atoms with van der Waals surface area (Å²) in [4.78, 5) is 31.0. The summed E-state index contributed by atoms with van der Waals surface area (Å²) >= 11 is 3.46. The second-order valence-electron chi connectivity index (χ2n) is 8.95. The highest BCUT2D eigenvalue weighted by molar-refractivity contribution is 9.10. The Morgan fingerprint density at radius 2 is 1.90 bits per heavy atom. The molecule has 1 aliphatic rings. The van der Waals surface area contributed by atoms with Gasteiger partial charge in [-0.25, -0.2) is 4.98 Å². The first kappa shape index (κ1) is 27.7. The monoisotopic (exact) mass is 639 g/mol. The standard InChI is InChI=1S/C25H21BrF3N5O5S/c1-3-18-31-23-21(24(36)30-11-19(35)33(23)2)34(18)12-13-8-9-17-15(10-13)20(26)22(39-17)14-6-4-5-7-16(14)32-40(37,38)25(27,28)29/h4-10,32H,3,11-12H2,1-2H3,(H,30,36). The van der Waals surface area contributed by atoms with Gasteiger partial charge in [0.05, 0.1) is 16.7 Å². The number of para-hydroxylation sites is 1. The fraction of sp³-hybridized carbons (Fsp3) is 0.240. The highest BCUT2D eigenvalue weighted by atomic mass is 79.9. The van der Waals surface area contributed by atoms with E-state index in [1.165, 1.54) is 29.2 Å². The molecular formula is C25H21BrF3N5O5S. The van der Waals surface area contributed by atoms with Crippen LogP contribution in [0.2, 0.25) is 0 Å². The molecule has 5 rings (SSSR count). The number of halogens is 4. The zero-order chi connectivity index (χ0) is 29.0. The van der Waals surface area contributed by atoms with Crippen LogP contribution in [0.15, 0.2) is 51.4 Å². The molecule has 3 heterocycles. The predicted octanol–water partition coefficient (Wildman–Crippen LogP) is 4.64. The number of sulfonamides is 1. The number of hydrogen-bond donors (Lipinski definition) is 2. The van der Waals surface area contributed by atoms with Crippen molar-refractivity contribution in [3.63, 3.8) is 0 Å². The van der Waals surface area contributed by atoms with Gasteiger partial charge in [0.25, 0.3) is 5.91 Å². The summed E-state index contributed by atoms with van der Waals surface area (Å²) in [5.74, 6) is 0.263. The van der Waals surface area contributed by atoms with Gasteiger partial charge in [-0.3, -0.25) is 19.2 Å². The molecule has 2 amide bonds. The summed E-state index contributed by atoms with van der Waals surface area (Å²) in [7, 11) is -4.11. The lowest BCUT2D eigenvalue weighted by molar-refractivity contribution is -0.117. The van der Waals surface area contributed by atoms with E-state index in [9.17, 15) is 31.2 Å². The largest absolute Gasteiger partial charge is 0.516 e. The molecule has 0 bridgehead atoms. The summed E-state index contributed by atoms with van der Waals surface area (Å²) in [5.41, 5.74) is -4.32. The summed E-state index contributed by atoms with van der Waals surface area (Å²) in [6.07, 6.45) is 0.495. The van der Waals surface area contributed by atoms with Gasteiger partial charge in [0.1, 0.15) is 11.4 Å². The summed E-state index contributed by atoms with van der Waals surface area (Å²) in [6, 6.07) is 10.8. The highest BCUT2D eigenvalue weighted by Gasteiger charge is 2.46. The third kappa shape index (κ3) is 4.72. The molecule has 10 nitrogen and oxygen atoms in total. The number of nitrogens with one attached hydrogen (secondary N) is 2. The second kappa shape index (κ2) is 9.96. The highest BCUT2D eigenvalue weighted by Crippen LogP contribution is 2.42. The van der Waals surface area contributed by atoms with Gasteiger partial charge < -0.3 is 14.3 Å². The van der Waals surface area contributed by atoms with Crippen LogP contribution >= 0.6 is 15.9 Å². The molecule has 0 spiro atoms. The molecule has 2 N–H and O–H groups in total. The van der Waals surface area contributed by atoms with E-state index in [2.05, 4.69) is 26.2 Å². The average molecular weight is 640 g/mol. The third-order valence-electron chi connectivity index (χ3n) is 6.40. The molecule has 0 unspecified atom stereocenters. The number of benzene rings is 2. The van der Waals surface area contributed by atoms with Crippen molar-refractivity contribution in [1.82, 2.24) is 14.9 Å². The number of anilines is 2. The SMILES string of the molecule is CCc1nc2c(n1Cc1ccc3oc(-c4ccccc4NS(=O)(=O)C(F)(F)F)c(Br)c3c1)C(=O)NCC(=O)N2C. The quantitative estimate of drug-likeness (QED) is 0.317. The Hall–Kier alpha value is -3.85. The van der Waals surface area contributed by atoms with E-state index in [0.29, 0.717) is 27.7 Å². The van der Waals surface area contributed by atoms with E-state index in [1.807, 2.05) is 6.92 Å². The van der Waals surface area contributed by atoms with Crippen molar-refractivity contribution < 1.29 is 35.6 Å². The normalized spacial score (nSPS) is 14.3. The van der Waals surface area contributed by atoms with Gasteiger partial charge in [-0.2, -0.15) is 21.6 Å². The number of carbonyl (C=O) groups excluding carboxylic acids is 2. The van der Waals surface area contributed by atoms with Crippen molar-refractivity contribution in [1.29, 1.82) is 0 Å². The molecule has 2 aromatic heterocycles. The van der Waals surface area contributed by atoms with E-state index in [1.54, 1.807) is 34.5 Å².